The largest absolute Gasteiger partial charge is 0.366 e. The molecule has 2 N–H and O–H groups in total. The first-order valence-corrected chi connectivity index (χ1v) is 8.37. The molecule has 0 amide bonds. The maximum Gasteiger partial charge on any atom is 0.136 e. The number of nitrogens with zero attached hydrogens (tertiary/aromatic N) is 4. The van der Waals surface area contributed by atoms with E-state index in [1.54, 1.807) is 12.4 Å². The van der Waals surface area contributed by atoms with Crippen LogP contribution in [0.1, 0.15) is 11.4 Å². The summed E-state index contributed by atoms with van der Waals surface area (Å²) >= 11 is 0. The molecule has 3 heterocycles. The molecule has 0 aliphatic carbocycles. The number of nitrogens with one attached hydrogen (secondary N) is 2. The summed E-state index contributed by atoms with van der Waals surface area (Å²) < 4.78 is 0. The molecule has 128 valence electrons. The van der Waals surface area contributed by atoms with Crippen molar-refractivity contribution in [1.82, 2.24) is 19.9 Å². The maximum atomic E-state index is 4.49. The van der Waals surface area contributed by atoms with Gasteiger partial charge in [0.1, 0.15) is 17.5 Å². The number of pyridine rings is 2. The van der Waals surface area contributed by atoms with Gasteiger partial charge in [0, 0.05) is 36.6 Å². The summed E-state index contributed by atoms with van der Waals surface area (Å²) in [5.74, 6) is 2.18. The van der Waals surface area contributed by atoms with Crippen molar-refractivity contribution in [3.8, 4) is 0 Å². The summed E-state index contributed by atoms with van der Waals surface area (Å²) in [4.78, 5) is 17.5. The second-order valence-corrected chi connectivity index (χ2v) is 5.91. The normalized spacial score (nSPS) is 10.7. The predicted octanol–water partition coefficient (Wildman–Crippen LogP) is 4.08. The van der Waals surface area contributed by atoms with Gasteiger partial charge in [-0.05, 0) is 30.7 Å². The second-order valence-electron chi connectivity index (χ2n) is 5.91. The fourth-order valence-electron chi connectivity index (χ4n) is 2.76. The van der Waals surface area contributed by atoms with Crippen LogP contribution >= 0.6 is 0 Å². The zero-order valence-corrected chi connectivity index (χ0v) is 14.3. The molecule has 6 nitrogen and oxygen atoms in total. The van der Waals surface area contributed by atoms with Crippen molar-refractivity contribution in [3.63, 3.8) is 0 Å². The minimum Gasteiger partial charge on any atom is -0.366 e. The molecule has 0 saturated heterocycles. The van der Waals surface area contributed by atoms with E-state index in [0.717, 1.165) is 33.8 Å². The van der Waals surface area contributed by atoms with Crippen molar-refractivity contribution >= 4 is 28.2 Å². The highest BCUT2D eigenvalue weighted by Crippen LogP contribution is 2.24. The van der Waals surface area contributed by atoms with Crippen LogP contribution in [-0.2, 0) is 6.54 Å². The minimum atomic E-state index is 0.652. The summed E-state index contributed by atoms with van der Waals surface area (Å²) in [6.07, 6.45) is 5.39. The number of para-hydroxylation sites is 1. The molecule has 6 heteroatoms. The van der Waals surface area contributed by atoms with E-state index in [4.69, 9.17) is 0 Å². The Bertz CT molecular complexity index is 1030. The number of rotatable bonds is 5. The number of aromatic nitrogens is 4. The third-order valence-electron chi connectivity index (χ3n) is 3.93. The average Bonchev–Trinajstić information content (AvgIpc) is 2.67. The van der Waals surface area contributed by atoms with Gasteiger partial charge in [0.2, 0.25) is 0 Å². The monoisotopic (exact) mass is 342 g/mol. The highest BCUT2D eigenvalue weighted by Gasteiger charge is 2.06. The topological polar surface area (TPSA) is 75.6 Å². The highest BCUT2D eigenvalue weighted by molar-refractivity contribution is 5.91. The average molecular weight is 342 g/mol. The third kappa shape index (κ3) is 3.59. The summed E-state index contributed by atoms with van der Waals surface area (Å²) in [7, 11) is 0. The van der Waals surface area contributed by atoms with Gasteiger partial charge in [-0.25, -0.2) is 9.97 Å². The van der Waals surface area contributed by atoms with Crippen LogP contribution in [0.15, 0.2) is 67.1 Å². The fourth-order valence-corrected chi connectivity index (χ4v) is 2.76. The molecule has 0 fully saturated rings. The van der Waals surface area contributed by atoms with E-state index in [0.29, 0.717) is 12.4 Å². The van der Waals surface area contributed by atoms with E-state index in [-0.39, 0.29) is 0 Å². The molecular weight excluding hydrogens is 324 g/mol. The Hall–Kier alpha value is -3.54. The first-order valence-electron chi connectivity index (χ1n) is 8.37. The molecule has 0 spiro atoms. The number of benzene rings is 1. The Balaban J connectivity index is 1.58. The van der Waals surface area contributed by atoms with Gasteiger partial charge in [0.05, 0.1) is 11.2 Å². The highest BCUT2D eigenvalue weighted by atomic mass is 15.1. The smallest absolute Gasteiger partial charge is 0.136 e. The lowest BCUT2D eigenvalue weighted by atomic mass is 10.2. The summed E-state index contributed by atoms with van der Waals surface area (Å²) in [6, 6.07) is 15.8. The summed E-state index contributed by atoms with van der Waals surface area (Å²) in [5, 5.41) is 7.76. The molecule has 0 unspecified atom stereocenters. The van der Waals surface area contributed by atoms with E-state index < -0.39 is 0 Å². The lowest BCUT2D eigenvalue weighted by Gasteiger charge is -2.11. The minimum absolute atomic E-state index is 0.652. The molecule has 1 aromatic carbocycles. The second kappa shape index (κ2) is 7.14. The van der Waals surface area contributed by atoms with E-state index in [9.17, 15) is 0 Å². The van der Waals surface area contributed by atoms with Gasteiger partial charge in [-0.1, -0.05) is 24.3 Å². The van der Waals surface area contributed by atoms with E-state index in [2.05, 4.69) is 30.6 Å². The number of anilines is 3. The predicted molar refractivity (Wildman–Crippen MR) is 103 cm³/mol. The van der Waals surface area contributed by atoms with Gasteiger partial charge < -0.3 is 10.6 Å². The van der Waals surface area contributed by atoms with Gasteiger partial charge in [0.25, 0.3) is 0 Å². The number of aryl methyl sites for hydroxylation is 1. The fraction of sp³-hybridized carbons (Fsp3) is 0.100. The van der Waals surface area contributed by atoms with Crippen molar-refractivity contribution in [2.45, 2.75) is 13.5 Å². The molecule has 0 radical (unpaired) electrons. The van der Waals surface area contributed by atoms with Crippen molar-refractivity contribution in [1.29, 1.82) is 0 Å². The summed E-state index contributed by atoms with van der Waals surface area (Å²) in [5.41, 5.74) is 2.92. The van der Waals surface area contributed by atoms with Crippen LogP contribution in [0.3, 0.4) is 0 Å². The molecule has 0 saturated carbocycles. The quantitative estimate of drug-likeness (QED) is 0.569. The van der Waals surface area contributed by atoms with Crippen LogP contribution in [0.2, 0.25) is 0 Å². The van der Waals surface area contributed by atoms with Crippen molar-refractivity contribution in [3.05, 3.63) is 78.5 Å². The molecule has 26 heavy (non-hydrogen) atoms. The molecule has 0 atom stereocenters. The Morgan fingerprint density at radius 2 is 1.77 bits per heavy atom. The van der Waals surface area contributed by atoms with Crippen LogP contribution in [-0.4, -0.2) is 19.9 Å². The van der Waals surface area contributed by atoms with Gasteiger partial charge in [0.15, 0.2) is 0 Å². The Labute approximate surface area is 151 Å². The van der Waals surface area contributed by atoms with Gasteiger partial charge in [-0.15, -0.1) is 0 Å². The zero-order chi connectivity index (χ0) is 17.8. The van der Waals surface area contributed by atoms with Crippen molar-refractivity contribution in [2.24, 2.45) is 0 Å². The maximum absolute atomic E-state index is 4.49. The van der Waals surface area contributed by atoms with Crippen LogP contribution in [0, 0.1) is 6.92 Å². The molecule has 4 aromatic rings. The van der Waals surface area contributed by atoms with Gasteiger partial charge >= 0.3 is 0 Å². The SMILES string of the molecule is Cc1nc(NCc2cccnc2)cc(Nc2cccc3cccnc23)n1. The first kappa shape index (κ1) is 16.0. The molecule has 0 aliphatic heterocycles. The molecule has 4 rings (SSSR count). The molecular formula is C20H18N6. The van der Waals surface area contributed by atoms with Gasteiger partial charge in [-0.3, -0.25) is 9.97 Å². The van der Waals surface area contributed by atoms with Crippen molar-refractivity contribution in [2.75, 3.05) is 10.6 Å². The van der Waals surface area contributed by atoms with E-state index in [1.807, 2.05) is 61.7 Å². The number of fused-ring (bicyclic) bond motifs is 1. The van der Waals surface area contributed by atoms with E-state index >= 15 is 0 Å². The Morgan fingerprint density at radius 3 is 2.65 bits per heavy atom. The van der Waals surface area contributed by atoms with Crippen LogP contribution in [0.4, 0.5) is 17.3 Å². The van der Waals surface area contributed by atoms with Crippen LogP contribution < -0.4 is 10.6 Å². The Kier molecular flexibility index (Phi) is 4.38. The zero-order valence-electron chi connectivity index (χ0n) is 14.3. The standard InChI is InChI=1S/C20H18N6/c1-14-24-18(23-13-15-5-3-9-21-12-15)11-19(25-14)26-17-8-2-6-16-7-4-10-22-20(16)17/h2-12H,13H2,1H3,(H2,23,24,25,26). The van der Waals surface area contributed by atoms with Crippen LogP contribution in [0.5, 0.6) is 0 Å². The summed E-state index contributed by atoms with van der Waals surface area (Å²) in [6.45, 7) is 2.53. The number of hydrogen-bond acceptors (Lipinski definition) is 6. The molecule has 0 aliphatic rings. The van der Waals surface area contributed by atoms with Gasteiger partial charge in [-0.2, -0.15) is 0 Å². The lowest BCUT2D eigenvalue weighted by Crippen LogP contribution is -2.05. The first-order chi connectivity index (χ1) is 12.8. The lowest BCUT2D eigenvalue weighted by molar-refractivity contribution is 1.02. The van der Waals surface area contributed by atoms with Crippen molar-refractivity contribution < 1.29 is 0 Å². The van der Waals surface area contributed by atoms with E-state index in [1.165, 1.54) is 0 Å². The molecule has 0 bridgehead atoms. The Morgan fingerprint density at radius 1 is 0.923 bits per heavy atom. The third-order valence-corrected chi connectivity index (χ3v) is 3.93. The molecule has 3 aromatic heterocycles. The number of hydrogen-bond donors (Lipinski definition) is 2. The van der Waals surface area contributed by atoms with Crippen LogP contribution in [0.25, 0.3) is 10.9 Å².